The molecule has 0 aromatic carbocycles. The number of hydrogen-bond acceptors (Lipinski definition) is 3. The molecule has 0 bridgehead atoms. The third kappa shape index (κ3) is 8.70. The molecule has 0 aliphatic carbocycles. The molecule has 0 aliphatic heterocycles. The van der Waals surface area contributed by atoms with Crippen LogP contribution in [-0.4, -0.2) is 21.3 Å². The molecule has 4 heteroatoms. The van der Waals surface area contributed by atoms with Gasteiger partial charge >= 0.3 is 0 Å². The van der Waals surface area contributed by atoms with E-state index >= 15 is 0 Å². The monoisotopic (exact) mass is 344 g/mol. The summed E-state index contributed by atoms with van der Waals surface area (Å²) >= 11 is 0. The Hall–Kier alpha value is -0.658. The third-order valence-corrected chi connectivity index (χ3v) is 3.93. The van der Waals surface area contributed by atoms with E-state index in [9.17, 15) is 5.11 Å². The first-order valence-electron chi connectivity index (χ1n) is 7.64. The van der Waals surface area contributed by atoms with E-state index in [1.165, 1.54) is 0 Å². The van der Waals surface area contributed by atoms with Gasteiger partial charge in [0.05, 0.1) is 6.10 Å². The van der Waals surface area contributed by atoms with Crippen LogP contribution >= 0.6 is 0 Å². The Labute approximate surface area is 146 Å². The van der Waals surface area contributed by atoms with Crippen molar-refractivity contribution in [3.05, 3.63) is 41.2 Å². The molecule has 2 N–H and O–H groups in total. The summed E-state index contributed by atoms with van der Waals surface area (Å²) in [5.74, 6) is 0.654. The quantitative estimate of drug-likeness (QED) is 0.611. The van der Waals surface area contributed by atoms with Crippen LogP contribution in [0, 0.1) is 25.8 Å². The van der Waals surface area contributed by atoms with Crippen LogP contribution in [-0.2, 0) is 24.0 Å². The number of aliphatic hydroxyl groups excluding tert-OH is 2. The van der Waals surface area contributed by atoms with Gasteiger partial charge in [0.2, 0.25) is 0 Å². The predicted molar refractivity (Wildman–Crippen MR) is 88.0 cm³/mol. The van der Waals surface area contributed by atoms with E-state index in [4.69, 9.17) is 5.11 Å². The van der Waals surface area contributed by atoms with Crippen LogP contribution in [0.15, 0.2) is 18.3 Å². The van der Waals surface area contributed by atoms with E-state index in [0.29, 0.717) is 5.92 Å². The molecule has 1 rings (SSSR count). The largest absolute Gasteiger partial charge is 0.395 e. The number of nitrogens with zero attached hydrogens (tertiary/aromatic N) is 1. The minimum absolute atomic E-state index is 0. The Morgan fingerprint density at radius 3 is 2.23 bits per heavy atom. The molecule has 0 saturated carbocycles. The van der Waals surface area contributed by atoms with Crippen molar-refractivity contribution in [2.24, 2.45) is 5.92 Å². The fraction of sp³-hybridized carbons (Fsp3) is 0.611. The van der Waals surface area contributed by atoms with Crippen molar-refractivity contribution in [1.82, 2.24) is 4.98 Å². The first kappa shape index (κ1) is 23.6. The van der Waals surface area contributed by atoms with Gasteiger partial charge in [-0.05, 0) is 31.9 Å². The number of aliphatic hydroxyl groups is 2. The van der Waals surface area contributed by atoms with E-state index in [1.54, 1.807) is 6.20 Å². The van der Waals surface area contributed by atoms with Crippen molar-refractivity contribution in [3.63, 3.8) is 0 Å². The summed E-state index contributed by atoms with van der Waals surface area (Å²) in [4.78, 5) is 4.02. The van der Waals surface area contributed by atoms with Crippen molar-refractivity contribution in [2.75, 3.05) is 0 Å². The average Bonchev–Trinajstić information content (AvgIpc) is 2.47. The molecule has 3 nitrogen and oxygen atoms in total. The molecule has 22 heavy (non-hydrogen) atoms. The number of pyridine rings is 1. The van der Waals surface area contributed by atoms with Crippen LogP contribution in [0.5, 0.6) is 0 Å². The molecule has 1 heterocycles. The second-order valence-corrected chi connectivity index (χ2v) is 5.53. The van der Waals surface area contributed by atoms with Crippen molar-refractivity contribution in [2.45, 2.75) is 66.6 Å². The predicted octanol–water partition coefficient (Wildman–Crippen LogP) is 3.74. The molecule has 1 atom stereocenters. The van der Waals surface area contributed by atoms with Crippen molar-refractivity contribution < 1.29 is 27.6 Å². The zero-order valence-electron chi connectivity index (χ0n) is 14.5. The zero-order chi connectivity index (χ0) is 16.4. The summed E-state index contributed by atoms with van der Waals surface area (Å²) in [7, 11) is 0. The minimum atomic E-state index is -0.292. The normalized spacial score (nSPS) is 11.3. The van der Waals surface area contributed by atoms with Gasteiger partial charge in [-0.3, -0.25) is 0 Å². The smallest absolute Gasteiger partial charge is 0.0747 e. The second kappa shape index (κ2) is 12.8. The topological polar surface area (TPSA) is 53.4 Å². The number of aryl methyl sites for hydroxylation is 1. The summed E-state index contributed by atoms with van der Waals surface area (Å²) < 4.78 is 0. The Bertz CT molecular complexity index is 431. The van der Waals surface area contributed by atoms with Crippen LogP contribution in [0.1, 0.15) is 56.9 Å². The summed E-state index contributed by atoms with van der Waals surface area (Å²) in [6.07, 6.45) is 4.48. The average molecular weight is 344 g/mol. The number of hydrogen-bond donors (Lipinski definition) is 2. The van der Waals surface area contributed by atoms with Gasteiger partial charge in [0, 0.05) is 24.0 Å². The second-order valence-electron chi connectivity index (χ2n) is 5.53. The molecule has 0 spiro atoms. The van der Waals surface area contributed by atoms with Gasteiger partial charge in [0.15, 0.2) is 0 Å². The molecular formula is C18H30CrNO2-. The van der Waals surface area contributed by atoms with Gasteiger partial charge in [-0.1, -0.05) is 45.0 Å². The Balaban J connectivity index is 0. The van der Waals surface area contributed by atoms with Gasteiger partial charge in [-0.15, -0.1) is 6.92 Å². The standard InChI is InChI=1S/C10H20O.C8H10NO.Cr/c1-5-9(6-2)7-10(11)8(3)4;1-6-7(2)9-4-3-8(6)5-10;/h9-11H,3,5-7H2,1-2,4H3;4,10H,5H2,1-2H3;/q;-1;. The molecular weight excluding hydrogens is 314 g/mol. The fourth-order valence-electron chi connectivity index (χ4n) is 1.93. The van der Waals surface area contributed by atoms with Gasteiger partial charge in [-0.25, -0.2) is 6.07 Å². The first-order chi connectivity index (χ1) is 9.87. The van der Waals surface area contributed by atoms with E-state index in [1.807, 2.05) is 20.8 Å². The van der Waals surface area contributed by atoms with Crippen LogP contribution in [0.2, 0.25) is 0 Å². The fourth-order valence-corrected chi connectivity index (χ4v) is 1.93. The molecule has 0 aliphatic rings. The summed E-state index contributed by atoms with van der Waals surface area (Å²) in [6.45, 7) is 13.8. The maximum absolute atomic E-state index is 9.46. The Morgan fingerprint density at radius 1 is 1.32 bits per heavy atom. The van der Waals surface area contributed by atoms with Crippen LogP contribution in [0.4, 0.5) is 0 Å². The molecule has 0 saturated heterocycles. The van der Waals surface area contributed by atoms with Crippen molar-refractivity contribution in [1.29, 1.82) is 0 Å². The van der Waals surface area contributed by atoms with E-state index in [0.717, 1.165) is 41.7 Å². The van der Waals surface area contributed by atoms with Crippen molar-refractivity contribution in [3.8, 4) is 0 Å². The van der Waals surface area contributed by atoms with Gasteiger partial charge in [-0.2, -0.15) is 11.1 Å². The molecule has 1 aromatic rings. The zero-order valence-corrected chi connectivity index (χ0v) is 15.8. The Kier molecular flexibility index (Phi) is 13.8. The van der Waals surface area contributed by atoms with Gasteiger partial charge in [0.1, 0.15) is 0 Å². The van der Waals surface area contributed by atoms with Crippen LogP contribution in [0.25, 0.3) is 0 Å². The Morgan fingerprint density at radius 2 is 1.86 bits per heavy atom. The van der Waals surface area contributed by atoms with Gasteiger partial charge < -0.3 is 15.2 Å². The third-order valence-electron chi connectivity index (χ3n) is 3.93. The molecule has 126 valence electrons. The SMILES string of the molecule is C=C(C)C(O)CC(CC)CC.Cc1nc[c-]c(CO)c1C.[Cr]. The first-order valence-corrected chi connectivity index (χ1v) is 7.64. The van der Waals surface area contributed by atoms with Crippen LogP contribution < -0.4 is 0 Å². The molecule has 0 radical (unpaired) electrons. The minimum Gasteiger partial charge on any atom is -0.395 e. The maximum atomic E-state index is 9.46. The van der Waals surface area contributed by atoms with E-state index in [2.05, 4.69) is 31.5 Å². The number of aromatic nitrogens is 1. The van der Waals surface area contributed by atoms with E-state index in [-0.39, 0.29) is 30.1 Å². The molecule has 1 aromatic heterocycles. The summed E-state index contributed by atoms with van der Waals surface area (Å²) in [5.41, 5.74) is 3.72. The van der Waals surface area contributed by atoms with Gasteiger partial charge in [0.25, 0.3) is 0 Å². The summed E-state index contributed by atoms with van der Waals surface area (Å²) in [6, 6.07) is 2.87. The maximum Gasteiger partial charge on any atom is 0.0747 e. The molecule has 0 fully saturated rings. The molecule has 0 amide bonds. The van der Waals surface area contributed by atoms with Crippen LogP contribution in [0.3, 0.4) is 0 Å². The summed E-state index contributed by atoms with van der Waals surface area (Å²) in [5, 5.41) is 18.2. The van der Waals surface area contributed by atoms with Crippen molar-refractivity contribution >= 4 is 0 Å². The number of rotatable bonds is 6. The van der Waals surface area contributed by atoms with E-state index < -0.39 is 0 Å². The molecule has 1 unspecified atom stereocenters.